The highest BCUT2D eigenvalue weighted by Crippen LogP contribution is 2.28. The summed E-state index contributed by atoms with van der Waals surface area (Å²) in [4.78, 5) is 15.7. The highest BCUT2D eigenvalue weighted by atomic mass is 35.5. The summed E-state index contributed by atoms with van der Waals surface area (Å²) < 4.78 is 28.3. The summed E-state index contributed by atoms with van der Waals surface area (Å²) in [5.41, 5.74) is 1.29. The molecule has 0 spiro atoms. The summed E-state index contributed by atoms with van der Waals surface area (Å²) >= 11 is 15.3. The number of nitrogens with one attached hydrogen (secondary N) is 1. The fraction of sp³-hybridized carbons (Fsp3) is 0.409. The first kappa shape index (κ1) is 25.7. The van der Waals surface area contributed by atoms with Crippen LogP contribution in [0.25, 0.3) is 0 Å². The van der Waals surface area contributed by atoms with Crippen LogP contribution in [-0.2, 0) is 15.8 Å². The number of likely N-dealkylation sites (tertiary alicyclic amines) is 1. The van der Waals surface area contributed by atoms with Gasteiger partial charge in [0.2, 0.25) is 10.0 Å². The lowest BCUT2D eigenvalue weighted by Crippen LogP contribution is -2.36. The molecule has 1 N–H and O–H groups in total. The van der Waals surface area contributed by atoms with Gasteiger partial charge in [-0.25, -0.2) is 13.1 Å². The summed E-state index contributed by atoms with van der Waals surface area (Å²) in [6.07, 6.45) is 4.98. The first-order valence-electron chi connectivity index (χ1n) is 10.3. The van der Waals surface area contributed by atoms with Gasteiger partial charge in [0.1, 0.15) is 0 Å². The Bertz CT molecular complexity index is 1040. The third-order valence-electron chi connectivity index (χ3n) is 5.20. The zero-order chi connectivity index (χ0) is 23.1. The molecule has 0 bridgehead atoms. The number of rotatable bonds is 9. The predicted molar refractivity (Wildman–Crippen MR) is 136 cm³/mol. The van der Waals surface area contributed by atoms with Crippen molar-refractivity contribution in [1.29, 1.82) is 0 Å². The maximum Gasteiger partial charge on any atom is 0.255 e. The number of hydrogen-bond donors (Lipinski definition) is 1. The third-order valence-corrected chi connectivity index (χ3v) is 9.15. The molecular formula is C22H26Cl2N2O3S3. The molecule has 0 unspecified atom stereocenters. The molecule has 1 amide bonds. The van der Waals surface area contributed by atoms with Crippen molar-refractivity contribution in [3.63, 3.8) is 0 Å². The normalized spacial score (nSPS) is 14.5. The second-order valence-corrected chi connectivity index (χ2v) is 11.9. The van der Waals surface area contributed by atoms with Gasteiger partial charge in [0.05, 0.1) is 10.5 Å². The van der Waals surface area contributed by atoms with E-state index in [1.807, 2.05) is 11.2 Å². The van der Waals surface area contributed by atoms with Crippen LogP contribution in [0.15, 0.2) is 46.2 Å². The molecule has 2 aromatic rings. The minimum atomic E-state index is -3.73. The number of nitrogens with zero attached hydrogens (tertiary/aromatic N) is 1. The van der Waals surface area contributed by atoms with Gasteiger partial charge >= 0.3 is 0 Å². The van der Waals surface area contributed by atoms with E-state index in [4.69, 9.17) is 23.2 Å². The summed E-state index contributed by atoms with van der Waals surface area (Å²) in [7, 11) is -3.73. The van der Waals surface area contributed by atoms with E-state index in [9.17, 15) is 13.2 Å². The van der Waals surface area contributed by atoms with Gasteiger partial charge in [0, 0.05) is 46.1 Å². The number of halogens is 2. The van der Waals surface area contributed by atoms with Gasteiger partial charge in [0.25, 0.3) is 5.91 Å². The molecule has 0 atom stereocenters. The van der Waals surface area contributed by atoms with Crippen LogP contribution in [0.5, 0.6) is 0 Å². The first-order valence-corrected chi connectivity index (χ1v) is 14.9. The van der Waals surface area contributed by atoms with Crippen LogP contribution in [0.4, 0.5) is 0 Å². The molecule has 0 aromatic heterocycles. The Balaban J connectivity index is 1.62. The van der Waals surface area contributed by atoms with E-state index in [2.05, 4.69) is 4.72 Å². The number of sulfonamides is 1. The molecule has 1 heterocycles. The average Bonchev–Trinajstić information content (AvgIpc) is 2.80. The molecule has 3 rings (SSSR count). The fourth-order valence-corrected chi connectivity index (χ4v) is 6.82. The largest absolute Gasteiger partial charge is 0.339 e. The highest BCUT2D eigenvalue weighted by molar-refractivity contribution is 7.98. The molecule has 1 saturated heterocycles. The van der Waals surface area contributed by atoms with Crippen molar-refractivity contribution in [3.8, 4) is 0 Å². The maximum absolute atomic E-state index is 13.0. The molecule has 32 heavy (non-hydrogen) atoms. The number of thioether (sulfide) groups is 2. The van der Waals surface area contributed by atoms with Crippen LogP contribution in [0, 0.1) is 0 Å². The van der Waals surface area contributed by atoms with Crippen molar-refractivity contribution in [1.82, 2.24) is 9.62 Å². The predicted octanol–water partition coefficient (Wildman–Crippen LogP) is 5.55. The van der Waals surface area contributed by atoms with Gasteiger partial charge in [-0.15, -0.1) is 11.8 Å². The van der Waals surface area contributed by atoms with Crippen molar-refractivity contribution in [2.75, 3.05) is 31.6 Å². The molecule has 1 aliphatic rings. The molecule has 1 aliphatic heterocycles. The molecule has 0 aliphatic carbocycles. The summed E-state index contributed by atoms with van der Waals surface area (Å²) in [6.45, 7) is 1.69. The zero-order valence-electron chi connectivity index (χ0n) is 17.8. The van der Waals surface area contributed by atoms with Crippen LogP contribution < -0.4 is 4.72 Å². The van der Waals surface area contributed by atoms with Crippen molar-refractivity contribution >= 4 is 62.7 Å². The minimum Gasteiger partial charge on any atom is -0.339 e. The Labute approximate surface area is 208 Å². The SMILES string of the molecule is CSc1ccc(S(=O)(=O)NCCSCc2c(Cl)cccc2Cl)cc1C(=O)N1CCCCC1. The average molecular weight is 534 g/mol. The van der Waals surface area contributed by atoms with Crippen LogP contribution in [0.3, 0.4) is 0 Å². The van der Waals surface area contributed by atoms with Crippen LogP contribution in [-0.4, -0.2) is 50.9 Å². The Hall–Kier alpha value is -0.900. The van der Waals surface area contributed by atoms with Crippen molar-refractivity contribution in [2.24, 2.45) is 0 Å². The van der Waals surface area contributed by atoms with Gasteiger partial charge in [-0.2, -0.15) is 11.8 Å². The monoisotopic (exact) mass is 532 g/mol. The maximum atomic E-state index is 13.0. The molecule has 10 heteroatoms. The minimum absolute atomic E-state index is 0.0988. The Morgan fingerprint density at radius 1 is 1.09 bits per heavy atom. The van der Waals surface area contributed by atoms with E-state index >= 15 is 0 Å². The van der Waals surface area contributed by atoms with Gasteiger partial charge in [-0.05, 0) is 61.4 Å². The first-order chi connectivity index (χ1) is 15.3. The summed E-state index contributed by atoms with van der Waals surface area (Å²) in [5.74, 6) is 1.05. The lowest BCUT2D eigenvalue weighted by atomic mass is 10.1. The number of benzene rings is 2. The Kier molecular flexibility index (Phi) is 9.64. The molecular weight excluding hydrogens is 507 g/mol. The van der Waals surface area contributed by atoms with Gasteiger partial charge in [-0.1, -0.05) is 29.3 Å². The van der Waals surface area contributed by atoms with Crippen molar-refractivity contribution < 1.29 is 13.2 Å². The van der Waals surface area contributed by atoms with Crippen molar-refractivity contribution in [2.45, 2.75) is 34.8 Å². The Morgan fingerprint density at radius 2 is 1.78 bits per heavy atom. The third kappa shape index (κ3) is 6.58. The lowest BCUT2D eigenvalue weighted by molar-refractivity contribution is 0.0720. The Morgan fingerprint density at radius 3 is 2.44 bits per heavy atom. The molecule has 174 valence electrons. The number of carbonyl (C=O) groups is 1. The number of piperidine rings is 1. The van der Waals surface area contributed by atoms with Gasteiger partial charge in [-0.3, -0.25) is 4.79 Å². The topological polar surface area (TPSA) is 66.5 Å². The van der Waals surface area contributed by atoms with Crippen molar-refractivity contribution in [3.05, 3.63) is 57.6 Å². The number of amides is 1. The lowest BCUT2D eigenvalue weighted by Gasteiger charge is -2.27. The fourth-order valence-electron chi connectivity index (χ4n) is 3.46. The van der Waals surface area contributed by atoms with E-state index in [1.54, 1.807) is 42.1 Å². The van der Waals surface area contributed by atoms with E-state index in [0.29, 0.717) is 40.2 Å². The smallest absolute Gasteiger partial charge is 0.255 e. The van der Waals surface area contributed by atoms with E-state index in [-0.39, 0.29) is 17.3 Å². The molecule has 5 nitrogen and oxygen atoms in total. The second-order valence-electron chi connectivity index (χ2n) is 7.37. The van der Waals surface area contributed by atoms with Crippen LogP contribution in [0.1, 0.15) is 35.2 Å². The zero-order valence-corrected chi connectivity index (χ0v) is 21.7. The van der Waals surface area contributed by atoms with E-state index < -0.39 is 10.0 Å². The number of hydrogen-bond acceptors (Lipinski definition) is 5. The summed E-state index contributed by atoms with van der Waals surface area (Å²) in [6, 6.07) is 10.1. The second kappa shape index (κ2) is 12.0. The quantitative estimate of drug-likeness (QED) is 0.338. The van der Waals surface area contributed by atoms with Crippen LogP contribution >= 0.6 is 46.7 Å². The van der Waals surface area contributed by atoms with Crippen LogP contribution in [0.2, 0.25) is 10.0 Å². The number of carbonyl (C=O) groups excluding carboxylic acids is 1. The van der Waals surface area contributed by atoms with E-state index in [0.717, 1.165) is 29.7 Å². The molecule has 0 saturated carbocycles. The highest BCUT2D eigenvalue weighted by Gasteiger charge is 2.23. The van der Waals surface area contributed by atoms with Gasteiger partial charge < -0.3 is 4.90 Å². The molecule has 0 radical (unpaired) electrons. The molecule has 2 aromatic carbocycles. The van der Waals surface area contributed by atoms with E-state index in [1.165, 1.54) is 17.8 Å². The molecule has 1 fully saturated rings. The summed E-state index contributed by atoms with van der Waals surface area (Å²) in [5, 5.41) is 1.20. The van der Waals surface area contributed by atoms with Gasteiger partial charge in [0.15, 0.2) is 0 Å². The standard InChI is InChI=1S/C22H26Cl2N2O3S3/c1-30-21-9-8-16(14-17(21)22(27)26-11-3-2-4-12-26)32(28,29)25-10-13-31-15-18-19(23)6-5-7-20(18)24/h5-9,14,25H,2-4,10-13,15H2,1H3.